The summed E-state index contributed by atoms with van der Waals surface area (Å²) >= 11 is 1.47. The molecule has 4 heteroatoms. The van der Waals surface area contributed by atoms with Gasteiger partial charge in [-0.15, -0.1) is 11.3 Å². The fraction of sp³-hybridized carbons (Fsp3) is 0.214. The highest BCUT2D eigenvalue weighted by molar-refractivity contribution is 7.12. The van der Waals surface area contributed by atoms with E-state index in [9.17, 15) is 4.79 Å². The summed E-state index contributed by atoms with van der Waals surface area (Å²) in [5, 5.41) is 1.92. The van der Waals surface area contributed by atoms with E-state index in [1.807, 2.05) is 47.8 Å². The third-order valence-corrected chi connectivity index (χ3v) is 3.87. The molecule has 3 rings (SSSR count). The van der Waals surface area contributed by atoms with Crippen LogP contribution < -0.4 is 0 Å². The van der Waals surface area contributed by atoms with Gasteiger partial charge in [-0.05, 0) is 17.0 Å². The van der Waals surface area contributed by atoms with E-state index in [0.29, 0.717) is 13.3 Å². The van der Waals surface area contributed by atoms with E-state index in [1.54, 1.807) is 4.90 Å². The Morgan fingerprint density at radius 1 is 1.22 bits per heavy atom. The fourth-order valence-electron chi connectivity index (χ4n) is 2.05. The molecule has 0 saturated carbocycles. The molecule has 3 nitrogen and oxygen atoms in total. The van der Waals surface area contributed by atoms with Crippen LogP contribution in [0.4, 0.5) is 0 Å². The first kappa shape index (κ1) is 11.4. The molecule has 2 aromatic rings. The maximum atomic E-state index is 12.1. The molecular weight excluding hydrogens is 246 g/mol. The SMILES string of the molecule is O=C(c1cccs1)N1COC(c2ccccc2)C1. The maximum Gasteiger partial charge on any atom is 0.265 e. The van der Waals surface area contributed by atoms with Crippen LogP contribution in [0.25, 0.3) is 0 Å². The number of amides is 1. The Morgan fingerprint density at radius 2 is 2.06 bits per heavy atom. The predicted molar refractivity (Wildman–Crippen MR) is 70.5 cm³/mol. The van der Waals surface area contributed by atoms with E-state index in [1.165, 1.54) is 11.3 Å². The number of hydrogen-bond acceptors (Lipinski definition) is 3. The van der Waals surface area contributed by atoms with Gasteiger partial charge in [0.25, 0.3) is 5.91 Å². The van der Waals surface area contributed by atoms with Crippen molar-refractivity contribution in [3.05, 3.63) is 58.3 Å². The van der Waals surface area contributed by atoms with Crippen molar-refractivity contribution in [1.82, 2.24) is 4.90 Å². The average Bonchev–Trinajstić information content (AvgIpc) is 3.10. The first-order valence-corrected chi connectivity index (χ1v) is 6.72. The molecule has 1 aliphatic rings. The highest BCUT2D eigenvalue weighted by Crippen LogP contribution is 2.26. The van der Waals surface area contributed by atoms with Gasteiger partial charge >= 0.3 is 0 Å². The lowest BCUT2D eigenvalue weighted by Crippen LogP contribution is -2.27. The molecule has 1 fully saturated rings. The van der Waals surface area contributed by atoms with Crippen LogP contribution in [0.2, 0.25) is 0 Å². The molecule has 2 heterocycles. The monoisotopic (exact) mass is 259 g/mol. The Morgan fingerprint density at radius 3 is 2.78 bits per heavy atom. The topological polar surface area (TPSA) is 29.5 Å². The molecule has 0 aliphatic carbocycles. The third-order valence-electron chi connectivity index (χ3n) is 3.01. The summed E-state index contributed by atoms with van der Waals surface area (Å²) < 4.78 is 5.68. The Kier molecular flexibility index (Phi) is 3.13. The van der Waals surface area contributed by atoms with Crippen molar-refractivity contribution in [1.29, 1.82) is 0 Å². The van der Waals surface area contributed by atoms with Gasteiger partial charge in [0.2, 0.25) is 0 Å². The summed E-state index contributed by atoms with van der Waals surface area (Å²) in [5.74, 6) is 0.0587. The molecule has 1 aliphatic heterocycles. The second-order valence-electron chi connectivity index (χ2n) is 4.20. The van der Waals surface area contributed by atoms with E-state index in [4.69, 9.17) is 4.74 Å². The standard InChI is InChI=1S/C14H13NO2S/c16-14(13-7-4-8-18-13)15-9-12(17-10-15)11-5-2-1-3-6-11/h1-8,12H,9-10H2. The van der Waals surface area contributed by atoms with Crippen molar-refractivity contribution in [2.45, 2.75) is 6.10 Å². The second kappa shape index (κ2) is 4.92. The number of benzene rings is 1. The van der Waals surface area contributed by atoms with Crippen LogP contribution in [0.3, 0.4) is 0 Å². The number of nitrogens with zero attached hydrogens (tertiary/aromatic N) is 1. The van der Waals surface area contributed by atoms with Crippen LogP contribution >= 0.6 is 11.3 Å². The summed E-state index contributed by atoms with van der Waals surface area (Å²) in [7, 11) is 0. The minimum atomic E-state index is -0.00453. The molecule has 1 aromatic heterocycles. The minimum absolute atomic E-state index is 0.00453. The van der Waals surface area contributed by atoms with E-state index in [2.05, 4.69) is 0 Å². The maximum absolute atomic E-state index is 12.1. The smallest absolute Gasteiger partial charge is 0.265 e. The molecule has 0 radical (unpaired) electrons. The summed E-state index contributed by atoms with van der Waals surface area (Å²) in [4.78, 5) is 14.7. The molecule has 1 atom stereocenters. The van der Waals surface area contributed by atoms with Crippen molar-refractivity contribution in [3.8, 4) is 0 Å². The van der Waals surface area contributed by atoms with Gasteiger partial charge in [-0.25, -0.2) is 0 Å². The van der Waals surface area contributed by atoms with Crippen LogP contribution in [-0.2, 0) is 4.74 Å². The van der Waals surface area contributed by atoms with Gasteiger partial charge in [0.1, 0.15) is 12.8 Å². The molecule has 92 valence electrons. The number of carbonyl (C=O) groups is 1. The lowest BCUT2D eigenvalue weighted by atomic mass is 10.1. The highest BCUT2D eigenvalue weighted by Gasteiger charge is 2.28. The zero-order valence-corrected chi connectivity index (χ0v) is 10.6. The molecule has 1 unspecified atom stereocenters. The number of thiophene rings is 1. The van der Waals surface area contributed by atoms with Gasteiger partial charge in [0, 0.05) is 0 Å². The minimum Gasteiger partial charge on any atom is -0.351 e. The lowest BCUT2D eigenvalue weighted by Gasteiger charge is -2.12. The van der Waals surface area contributed by atoms with Crippen molar-refractivity contribution >= 4 is 17.2 Å². The number of rotatable bonds is 2. The molecule has 0 N–H and O–H groups in total. The van der Waals surface area contributed by atoms with Gasteiger partial charge in [-0.2, -0.15) is 0 Å². The lowest BCUT2D eigenvalue weighted by molar-refractivity contribution is 0.0634. The van der Waals surface area contributed by atoms with Gasteiger partial charge in [-0.3, -0.25) is 4.79 Å². The first-order valence-electron chi connectivity index (χ1n) is 5.84. The Hall–Kier alpha value is -1.65. The van der Waals surface area contributed by atoms with Gasteiger partial charge in [-0.1, -0.05) is 36.4 Å². The summed E-state index contributed by atoms with van der Waals surface area (Å²) in [6, 6.07) is 13.8. The van der Waals surface area contributed by atoms with E-state index >= 15 is 0 Å². The van der Waals surface area contributed by atoms with Crippen LogP contribution in [-0.4, -0.2) is 24.1 Å². The summed E-state index contributed by atoms with van der Waals surface area (Å²) in [6.07, 6.45) is -0.00453. The Labute approximate surface area is 110 Å². The van der Waals surface area contributed by atoms with Gasteiger partial charge in [0.05, 0.1) is 11.4 Å². The molecular formula is C14H13NO2S. The molecule has 0 bridgehead atoms. The first-order chi connectivity index (χ1) is 8.84. The zero-order chi connectivity index (χ0) is 12.4. The van der Waals surface area contributed by atoms with Crippen molar-refractivity contribution in [2.75, 3.05) is 13.3 Å². The largest absolute Gasteiger partial charge is 0.351 e. The van der Waals surface area contributed by atoms with Crippen molar-refractivity contribution in [2.24, 2.45) is 0 Å². The van der Waals surface area contributed by atoms with E-state index in [0.717, 1.165) is 10.4 Å². The molecule has 1 amide bonds. The predicted octanol–water partition coefficient (Wildman–Crippen LogP) is 2.92. The number of ether oxygens (including phenoxy) is 1. The zero-order valence-electron chi connectivity index (χ0n) is 9.78. The van der Waals surface area contributed by atoms with Crippen LogP contribution in [0.5, 0.6) is 0 Å². The van der Waals surface area contributed by atoms with Crippen molar-refractivity contribution < 1.29 is 9.53 Å². The molecule has 1 aromatic carbocycles. The quantitative estimate of drug-likeness (QED) is 0.830. The van der Waals surface area contributed by atoms with Crippen LogP contribution in [0.15, 0.2) is 47.8 Å². The third kappa shape index (κ3) is 2.17. The normalized spacial score (nSPS) is 19.1. The van der Waals surface area contributed by atoms with E-state index < -0.39 is 0 Å². The highest BCUT2D eigenvalue weighted by atomic mass is 32.1. The molecule has 18 heavy (non-hydrogen) atoms. The van der Waals surface area contributed by atoms with Gasteiger partial charge in [0.15, 0.2) is 0 Å². The van der Waals surface area contributed by atoms with Crippen LogP contribution in [0.1, 0.15) is 21.3 Å². The van der Waals surface area contributed by atoms with E-state index in [-0.39, 0.29) is 12.0 Å². The Bertz CT molecular complexity index is 524. The number of hydrogen-bond donors (Lipinski definition) is 0. The van der Waals surface area contributed by atoms with Crippen LogP contribution in [0, 0.1) is 0 Å². The Balaban J connectivity index is 1.71. The molecule has 0 spiro atoms. The van der Waals surface area contributed by atoms with Crippen molar-refractivity contribution in [3.63, 3.8) is 0 Å². The number of carbonyl (C=O) groups excluding carboxylic acids is 1. The van der Waals surface area contributed by atoms with Gasteiger partial charge < -0.3 is 9.64 Å². The average molecular weight is 259 g/mol. The fourth-order valence-corrected chi connectivity index (χ4v) is 2.74. The molecule has 1 saturated heterocycles. The summed E-state index contributed by atoms with van der Waals surface area (Å²) in [6.45, 7) is 0.997. The summed E-state index contributed by atoms with van der Waals surface area (Å²) in [5.41, 5.74) is 1.12. The second-order valence-corrected chi connectivity index (χ2v) is 5.15.